The van der Waals surface area contributed by atoms with Crippen molar-refractivity contribution in [2.45, 2.75) is 54.1 Å². The normalized spacial score (nSPS) is 12.7. The van der Waals surface area contributed by atoms with Crippen molar-refractivity contribution >= 4 is 181 Å². The summed E-state index contributed by atoms with van der Waals surface area (Å²) in [7, 11) is 0. The van der Waals surface area contributed by atoms with Crippen LogP contribution in [0.4, 0.5) is 33.2 Å². The molecule has 0 radical (unpaired) electrons. The topological polar surface area (TPSA) is 410 Å². The third kappa shape index (κ3) is 15.5. The second-order valence-electron chi connectivity index (χ2n) is 35.2. The smallest absolute Gasteiger partial charge is 0.435 e. The molecule has 0 amide bonds. The summed E-state index contributed by atoms with van der Waals surface area (Å²) in [6, 6.07) is 77.7. The van der Waals surface area contributed by atoms with Crippen LogP contribution in [0.1, 0.15) is 176 Å². The highest BCUT2D eigenvalue weighted by atomic mass is 35.5. The number of nitrogens with zero attached hydrogens (tertiary/aromatic N) is 7. The Balaban J connectivity index is 0.0000000989. The minimum Gasteiger partial charge on any atom is -0.442 e. The molecule has 0 spiro atoms. The summed E-state index contributed by atoms with van der Waals surface area (Å²) in [5.74, 6) is -0.405. The molecule has 0 saturated carbocycles. The zero-order chi connectivity index (χ0) is 99.2. The van der Waals surface area contributed by atoms with Crippen LogP contribution in [-0.2, 0) is 4.74 Å². The number of nitrogens with one attached hydrogen (secondary N) is 10. The summed E-state index contributed by atoms with van der Waals surface area (Å²) in [6.07, 6.45) is -0.561. The van der Waals surface area contributed by atoms with Gasteiger partial charge in [-0.05, 0) is 133 Å². The second-order valence-corrected chi connectivity index (χ2v) is 36.4. The molecule has 6 heterocycles. The average Bonchev–Trinajstić information content (AvgIpc) is 1.55. The monoisotopic (exact) mass is 1950 g/mol. The Morgan fingerprint density at radius 2 is 0.503 bits per heavy atom. The van der Waals surface area contributed by atoms with Crippen molar-refractivity contribution < 1.29 is 47.9 Å². The first-order valence-corrected chi connectivity index (χ1v) is 47.5. The Morgan fingerprint density at radius 1 is 0.287 bits per heavy atom. The number of carbonyl (C=O) groups is 9. The Labute approximate surface area is 829 Å². The van der Waals surface area contributed by atoms with E-state index in [-0.39, 0.29) is 74.1 Å². The van der Waals surface area contributed by atoms with Gasteiger partial charge in [0.2, 0.25) is 0 Å². The van der Waals surface area contributed by atoms with Crippen molar-refractivity contribution in [1.82, 2.24) is 60.8 Å². The summed E-state index contributed by atoms with van der Waals surface area (Å²) in [4.78, 5) is 114. The fraction of sp³-hybridized carbons (Fsp3) is 0.116. The Kier molecular flexibility index (Phi) is 23.8. The van der Waals surface area contributed by atoms with Gasteiger partial charge >= 0.3 is 6.09 Å². The van der Waals surface area contributed by atoms with Gasteiger partial charge in [0.15, 0.2) is 46.3 Å². The molecule has 6 aromatic heterocycles. The van der Waals surface area contributed by atoms with Gasteiger partial charge in [-0.15, -0.1) is 0 Å². The number of aromatic amines is 5. The lowest BCUT2D eigenvalue weighted by molar-refractivity contribution is 0.0521. The molecule has 704 valence electrons. The van der Waals surface area contributed by atoms with E-state index in [0.717, 1.165) is 198 Å². The standard InChI is InChI=1S/C21H21N3O3.3C16H13N3O.C15H12N4O.C14H6Cl2O2.C14H7ClN2O/c1-5-22-14-10-6-8-12-16(14)19(25)13-9-7-11-15-17(13)18(12)23-24(15)20(26)27-21(2,3)4;3*1-2-17-11-7-3-5-9-14(11)16(20)10-6-4-8-12-13(10)15(9)19-18-12;16-7-17-10-5-1-3-8-13(10)15(20)9-4-2-6-11-12(9)14(8)19-18-11;15-9-5-1-3-7-11(9)14(18)8-4-2-6-10(16)12(8)13(7)17;15-9-5-1-3-7-11(9)14(18)8-4-2-6-10-12(8)13(7)17-16-10/h6-11,22H,5H2,1-4H3;3*3-8,17H,2H2,1H3,(H,18,19);1-6,17H,7,16H2,(H,18,19);1-6H;1-6H,(H,16,17). The van der Waals surface area contributed by atoms with Gasteiger partial charge in [-0.2, -0.15) is 35.3 Å². The van der Waals surface area contributed by atoms with Crippen molar-refractivity contribution in [3.63, 3.8) is 0 Å². The minimum atomic E-state index is -0.640. The maximum Gasteiger partial charge on any atom is 0.435 e. The third-order valence-electron chi connectivity index (χ3n) is 25.6. The van der Waals surface area contributed by atoms with Gasteiger partial charge in [-0.3, -0.25) is 63.8 Å². The fourth-order valence-electron chi connectivity index (χ4n) is 19.8. The van der Waals surface area contributed by atoms with E-state index < -0.39 is 11.7 Å². The Morgan fingerprint density at radius 3 is 0.783 bits per heavy atom. The molecule has 12 N–H and O–H groups in total. The van der Waals surface area contributed by atoms with Gasteiger partial charge in [0, 0.05) is 165 Å². The number of ether oxygens (including phenoxy) is 1. The predicted octanol–water partition coefficient (Wildman–Crippen LogP) is 23.4. The van der Waals surface area contributed by atoms with Crippen LogP contribution in [0.25, 0.3) is 133 Å². The van der Waals surface area contributed by atoms with Crippen molar-refractivity contribution in [1.29, 1.82) is 0 Å². The number of anilines is 5. The first-order valence-electron chi connectivity index (χ1n) is 46.3. The average molecular weight is 1950 g/mol. The van der Waals surface area contributed by atoms with Gasteiger partial charge in [0.25, 0.3) is 0 Å². The molecule has 27 rings (SSSR count). The molecule has 7 aliphatic carbocycles. The zero-order valence-electron chi connectivity index (χ0n) is 77.7. The predicted molar refractivity (Wildman–Crippen MR) is 559 cm³/mol. The molecule has 0 aliphatic heterocycles. The summed E-state index contributed by atoms with van der Waals surface area (Å²) < 4.78 is 6.74. The number of carbonyl (C=O) groups excluding carboxylic acids is 9. The number of hydrogen-bond donors (Lipinski definition) is 11. The number of ketones is 8. The molecule has 0 atom stereocenters. The summed E-state index contributed by atoms with van der Waals surface area (Å²) >= 11 is 18.2. The summed E-state index contributed by atoms with van der Waals surface area (Å²) in [6.45, 7) is 16.8. The Bertz CT molecular complexity index is 8220. The Hall–Kier alpha value is -17.4. The molecule has 20 aromatic rings. The van der Waals surface area contributed by atoms with Crippen molar-refractivity contribution in [3.05, 3.63) is 359 Å². The fourth-order valence-corrected chi connectivity index (χ4v) is 20.6. The number of halogens is 3. The van der Waals surface area contributed by atoms with E-state index in [4.69, 9.17) is 45.3 Å². The van der Waals surface area contributed by atoms with Gasteiger partial charge in [0.1, 0.15) is 39.8 Å². The first kappa shape index (κ1) is 91.9. The van der Waals surface area contributed by atoms with E-state index in [1.54, 1.807) is 60.7 Å². The van der Waals surface area contributed by atoms with Crippen LogP contribution >= 0.6 is 34.8 Å². The van der Waals surface area contributed by atoms with Gasteiger partial charge in [-0.25, -0.2) is 4.79 Å². The quantitative estimate of drug-likeness (QED) is 0.0567. The highest BCUT2D eigenvalue weighted by molar-refractivity contribution is 6.43. The lowest BCUT2D eigenvalue weighted by Crippen LogP contribution is -2.27. The van der Waals surface area contributed by atoms with Gasteiger partial charge in [-0.1, -0.05) is 205 Å². The second kappa shape index (κ2) is 37.0. The molecule has 28 nitrogen and oxygen atoms in total. The maximum atomic E-state index is 13.2. The van der Waals surface area contributed by atoms with Crippen LogP contribution in [0.15, 0.2) is 255 Å². The van der Waals surface area contributed by atoms with Gasteiger partial charge in [0.05, 0.1) is 99.3 Å². The lowest BCUT2D eigenvalue weighted by Gasteiger charge is -2.19. The molecular formula is C112H85Cl3N18O10. The van der Waals surface area contributed by atoms with Crippen LogP contribution in [0.5, 0.6) is 0 Å². The minimum absolute atomic E-state index is 0.0102. The van der Waals surface area contributed by atoms with E-state index >= 15 is 0 Å². The van der Waals surface area contributed by atoms with Crippen LogP contribution in [0.3, 0.4) is 0 Å². The number of hydrogen-bond acceptors (Lipinski definition) is 22. The molecular weight excluding hydrogens is 1860 g/mol. The van der Waals surface area contributed by atoms with Gasteiger partial charge < -0.3 is 37.1 Å². The zero-order valence-corrected chi connectivity index (χ0v) is 80.0. The molecule has 14 aromatic carbocycles. The van der Waals surface area contributed by atoms with Crippen molar-refractivity contribution in [3.8, 4) is 67.5 Å². The van der Waals surface area contributed by atoms with E-state index in [2.05, 4.69) is 82.7 Å². The first-order chi connectivity index (χ1) is 69.4. The van der Waals surface area contributed by atoms with Crippen molar-refractivity contribution in [2.24, 2.45) is 5.73 Å². The number of fused-ring (bicyclic) bond motifs is 14. The van der Waals surface area contributed by atoms with Crippen molar-refractivity contribution in [2.75, 3.05) is 59.4 Å². The highest BCUT2D eigenvalue weighted by Crippen LogP contribution is 2.49. The molecule has 0 unspecified atom stereocenters. The van der Waals surface area contributed by atoms with E-state index in [9.17, 15) is 43.2 Å². The number of benzene rings is 14. The van der Waals surface area contributed by atoms with E-state index in [1.165, 1.54) is 4.68 Å². The molecule has 7 aliphatic rings. The molecule has 0 bridgehead atoms. The van der Waals surface area contributed by atoms with Crippen LogP contribution < -0.4 is 32.3 Å². The molecule has 143 heavy (non-hydrogen) atoms. The molecule has 0 saturated heterocycles. The largest absolute Gasteiger partial charge is 0.442 e. The lowest BCUT2D eigenvalue weighted by atomic mass is 9.84. The maximum absolute atomic E-state index is 13.2. The highest BCUT2D eigenvalue weighted by Gasteiger charge is 2.39. The summed E-state index contributed by atoms with van der Waals surface area (Å²) in [5, 5.41) is 63.8. The molecule has 31 heteroatoms. The van der Waals surface area contributed by atoms with Crippen LogP contribution in [0.2, 0.25) is 15.1 Å². The van der Waals surface area contributed by atoms with E-state index in [0.29, 0.717) is 72.7 Å². The number of nitrogens with two attached hydrogens (primary N) is 1. The number of aromatic nitrogens is 12. The third-order valence-corrected chi connectivity index (χ3v) is 26.6. The molecule has 0 fully saturated rings. The van der Waals surface area contributed by atoms with E-state index in [1.807, 2.05) is 243 Å². The SMILES string of the molecule is CCNc1cccc2c1C(=O)c1cccc3[nH]nc-2c13.CCNc1cccc2c1C(=O)c1cccc3[nH]nc-2c13.CCNc1cccc2c1C(=O)c1cccc3[nH]nc-2c13.CCNc1cccc2c1C(=O)c1cccc3c1c-2nn3C(=O)OC(C)(C)C.NCNc1cccc2c1C(=O)c1cccc3[nH]nc-2c13.O=C1c2c(Cl)cccc2-c2n[nH]c3cccc1c23.O=C1c2cccc(Cl)c2C(=O)c2cccc(Cl)c21. The van der Waals surface area contributed by atoms with Crippen LogP contribution in [0, 0.1) is 0 Å². The number of H-pyrrole nitrogens is 5. The van der Waals surface area contributed by atoms with Crippen LogP contribution in [-0.4, -0.2) is 152 Å². The summed E-state index contributed by atoms with van der Waals surface area (Å²) in [5.41, 5.74) is 33.2. The number of rotatable bonds is 10.